The highest BCUT2D eigenvalue weighted by atomic mass is 16.4. The van der Waals surface area contributed by atoms with Gasteiger partial charge in [-0.3, -0.25) is 9.59 Å². The Balaban J connectivity index is 2.68. The Morgan fingerprint density at radius 3 is 2.42 bits per heavy atom. The van der Waals surface area contributed by atoms with E-state index >= 15 is 0 Å². The summed E-state index contributed by atoms with van der Waals surface area (Å²) < 4.78 is 0. The Bertz CT molecular complexity index is 560. The summed E-state index contributed by atoms with van der Waals surface area (Å²) in [5, 5.41) is 22.5. The fourth-order valence-electron chi connectivity index (χ4n) is 1.97. The summed E-state index contributed by atoms with van der Waals surface area (Å²) in [6.45, 7) is 2.64. The second-order valence-electron chi connectivity index (χ2n) is 5.70. The number of aliphatic carboxylic acids is 1. The van der Waals surface area contributed by atoms with E-state index in [1.165, 1.54) is 6.33 Å². The zero-order chi connectivity index (χ0) is 18.3. The number of carboxylic acids is 1. The average Bonchev–Trinajstić information content (AvgIpc) is 3.01. The lowest BCUT2D eigenvalue weighted by atomic mass is 10.0. The molecule has 0 aliphatic carbocycles. The third-order valence-corrected chi connectivity index (χ3v) is 3.38. The minimum absolute atomic E-state index is 0.215. The van der Waals surface area contributed by atoms with Gasteiger partial charge in [-0.15, -0.1) is 0 Å². The Morgan fingerprint density at radius 2 is 1.96 bits per heavy atom. The number of nitrogens with zero attached hydrogens (tertiary/aromatic N) is 1. The van der Waals surface area contributed by atoms with Crippen LogP contribution in [0.15, 0.2) is 12.5 Å². The molecule has 0 saturated carbocycles. The summed E-state index contributed by atoms with van der Waals surface area (Å²) in [7, 11) is 0. The smallest absolute Gasteiger partial charge is 0.328 e. The van der Waals surface area contributed by atoms with E-state index in [4.69, 9.17) is 15.9 Å². The standard InChI is InChI=1S/C14H23N5O5/c1-7(2)11(13(22)18-10(5-20)14(23)24)19-12(21)9(15)3-8-4-16-6-17-8/h4,6-7,9-11,20H,3,5,15H2,1-2H3,(H,16,17)(H,18,22)(H,19,21)(H,23,24). The number of rotatable bonds is 9. The highest BCUT2D eigenvalue weighted by Crippen LogP contribution is 2.04. The number of carbonyl (C=O) groups is 3. The van der Waals surface area contributed by atoms with E-state index in [2.05, 4.69) is 20.6 Å². The first kappa shape index (κ1) is 19.6. The highest BCUT2D eigenvalue weighted by Gasteiger charge is 2.29. The molecule has 1 aromatic heterocycles. The van der Waals surface area contributed by atoms with Crippen molar-refractivity contribution in [3.8, 4) is 0 Å². The zero-order valence-corrected chi connectivity index (χ0v) is 13.5. The number of aliphatic hydroxyl groups is 1. The number of aromatic nitrogens is 2. The van der Waals surface area contributed by atoms with Gasteiger partial charge in [0.1, 0.15) is 12.1 Å². The number of hydrogen-bond donors (Lipinski definition) is 6. The number of imidazole rings is 1. The van der Waals surface area contributed by atoms with Gasteiger partial charge in [-0.1, -0.05) is 13.8 Å². The first-order valence-electron chi connectivity index (χ1n) is 7.43. The van der Waals surface area contributed by atoms with Crippen LogP contribution in [0.25, 0.3) is 0 Å². The predicted molar refractivity (Wildman–Crippen MR) is 83.7 cm³/mol. The summed E-state index contributed by atoms with van der Waals surface area (Å²) in [5.74, 6) is -2.92. The van der Waals surface area contributed by atoms with E-state index in [0.717, 1.165) is 0 Å². The van der Waals surface area contributed by atoms with Crippen molar-refractivity contribution < 1.29 is 24.6 Å². The van der Waals surface area contributed by atoms with Crippen LogP contribution >= 0.6 is 0 Å². The van der Waals surface area contributed by atoms with Crippen molar-refractivity contribution in [3.05, 3.63) is 18.2 Å². The summed E-state index contributed by atoms with van der Waals surface area (Å²) >= 11 is 0. The van der Waals surface area contributed by atoms with Gasteiger partial charge in [0.05, 0.1) is 19.0 Å². The quantitative estimate of drug-likeness (QED) is 0.301. The fraction of sp³-hybridized carbons (Fsp3) is 0.571. The number of amides is 2. The van der Waals surface area contributed by atoms with Gasteiger partial charge in [0.15, 0.2) is 0 Å². The average molecular weight is 341 g/mol. The predicted octanol–water partition coefficient (Wildman–Crippen LogP) is -2.02. The van der Waals surface area contributed by atoms with E-state index < -0.39 is 42.5 Å². The largest absolute Gasteiger partial charge is 0.480 e. The molecule has 0 aromatic carbocycles. The van der Waals surface area contributed by atoms with Gasteiger partial charge in [-0.2, -0.15) is 0 Å². The summed E-state index contributed by atoms with van der Waals surface area (Å²) in [4.78, 5) is 41.9. The van der Waals surface area contributed by atoms with Crippen molar-refractivity contribution in [2.45, 2.75) is 38.4 Å². The molecular formula is C14H23N5O5. The number of carboxylic acid groups (broad SMARTS) is 1. The highest BCUT2D eigenvalue weighted by molar-refractivity contribution is 5.92. The van der Waals surface area contributed by atoms with E-state index in [0.29, 0.717) is 5.69 Å². The van der Waals surface area contributed by atoms with Crippen LogP contribution in [0.1, 0.15) is 19.5 Å². The van der Waals surface area contributed by atoms with Crippen LogP contribution in [0, 0.1) is 5.92 Å². The van der Waals surface area contributed by atoms with Crippen LogP contribution in [-0.4, -0.2) is 62.7 Å². The first-order valence-corrected chi connectivity index (χ1v) is 7.43. The lowest BCUT2D eigenvalue weighted by molar-refractivity contribution is -0.143. The second-order valence-corrected chi connectivity index (χ2v) is 5.70. The molecule has 1 heterocycles. The van der Waals surface area contributed by atoms with Crippen LogP contribution in [0.4, 0.5) is 0 Å². The Kier molecular flexibility index (Phi) is 7.33. The van der Waals surface area contributed by atoms with Crippen LogP contribution in [-0.2, 0) is 20.8 Å². The van der Waals surface area contributed by atoms with Gasteiger partial charge in [-0.05, 0) is 5.92 Å². The molecule has 0 aliphatic heterocycles. The van der Waals surface area contributed by atoms with Gasteiger partial charge in [0.2, 0.25) is 11.8 Å². The van der Waals surface area contributed by atoms with Crippen LogP contribution < -0.4 is 16.4 Å². The van der Waals surface area contributed by atoms with Gasteiger partial charge < -0.3 is 31.6 Å². The van der Waals surface area contributed by atoms with Crippen LogP contribution in [0.3, 0.4) is 0 Å². The minimum atomic E-state index is -1.44. The fourth-order valence-corrected chi connectivity index (χ4v) is 1.97. The number of nitrogens with one attached hydrogen (secondary N) is 3. The summed E-state index contributed by atoms with van der Waals surface area (Å²) in [5.41, 5.74) is 6.48. The van der Waals surface area contributed by atoms with Crippen molar-refractivity contribution >= 4 is 17.8 Å². The van der Waals surface area contributed by atoms with Crippen LogP contribution in [0.2, 0.25) is 0 Å². The second kappa shape index (κ2) is 8.99. The third kappa shape index (κ3) is 5.63. The maximum Gasteiger partial charge on any atom is 0.328 e. The van der Waals surface area contributed by atoms with Crippen molar-refractivity contribution in [2.75, 3.05) is 6.61 Å². The number of aliphatic hydroxyl groups excluding tert-OH is 1. The Labute approximate surface area is 138 Å². The summed E-state index contributed by atoms with van der Waals surface area (Å²) in [6.07, 6.45) is 3.22. The van der Waals surface area contributed by atoms with E-state index in [1.54, 1.807) is 20.0 Å². The SMILES string of the molecule is CC(C)C(NC(=O)C(N)Cc1cnc[nH]1)C(=O)NC(CO)C(=O)O. The van der Waals surface area contributed by atoms with Gasteiger partial charge in [0.25, 0.3) is 0 Å². The molecule has 134 valence electrons. The number of hydrogen-bond acceptors (Lipinski definition) is 6. The van der Waals surface area contributed by atoms with E-state index in [1.807, 2.05) is 0 Å². The lowest BCUT2D eigenvalue weighted by Gasteiger charge is -2.24. The molecule has 7 N–H and O–H groups in total. The lowest BCUT2D eigenvalue weighted by Crippen LogP contribution is -2.57. The molecule has 2 amide bonds. The molecule has 24 heavy (non-hydrogen) atoms. The third-order valence-electron chi connectivity index (χ3n) is 3.38. The molecule has 0 fully saturated rings. The summed E-state index contributed by atoms with van der Waals surface area (Å²) in [6, 6.07) is -3.30. The number of H-pyrrole nitrogens is 1. The molecule has 3 atom stereocenters. The molecule has 0 spiro atoms. The normalized spacial score (nSPS) is 14.7. The molecule has 1 aromatic rings. The molecule has 0 bridgehead atoms. The van der Waals surface area contributed by atoms with Crippen molar-refractivity contribution in [1.29, 1.82) is 0 Å². The van der Waals surface area contributed by atoms with Gasteiger partial charge in [-0.25, -0.2) is 9.78 Å². The molecule has 10 nitrogen and oxygen atoms in total. The number of nitrogens with two attached hydrogens (primary N) is 1. The molecular weight excluding hydrogens is 318 g/mol. The van der Waals surface area contributed by atoms with Crippen molar-refractivity contribution in [3.63, 3.8) is 0 Å². The Hall–Kier alpha value is -2.46. The molecule has 0 saturated heterocycles. The Morgan fingerprint density at radius 1 is 1.29 bits per heavy atom. The topological polar surface area (TPSA) is 170 Å². The van der Waals surface area contributed by atoms with Crippen LogP contribution in [0.5, 0.6) is 0 Å². The van der Waals surface area contributed by atoms with E-state index in [-0.39, 0.29) is 12.3 Å². The maximum absolute atomic E-state index is 12.2. The van der Waals surface area contributed by atoms with Gasteiger partial charge in [0, 0.05) is 18.3 Å². The first-order chi connectivity index (χ1) is 11.3. The molecule has 0 aliphatic rings. The van der Waals surface area contributed by atoms with Crippen molar-refractivity contribution in [2.24, 2.45) is 11.7 Å². The minimum Gasteiger partial charge on any atom is -0.480 e. The number of aromatic amines is 1. The molecule has 0 radical (unpaired) electrons. The number of carbonyl (C=O) groups excluding carboxylic acids is 2. The zero-order valence-electron chi connectivity index (χ0n) is 13.5. The maximum atomic E-state index is 12.2. The van der Waals surface area contributed by atoms with Gasteiger partial charge >= 0.3 is 5.97 Å². The molecule has 1 rings (SSSR count). The van der Waals surface area contributed by atoms with E-state index in [9.17, 15) is 14.4 Å². The monoisotopic (exact) mass is 341 g/mol. The molecule has 10 heteroatoms. The van der Waals surface area contributed by atoms with Crippen molar-refractivity contribution in [1.82, 2.24) is 20.6 Å². The molecule has 3 unspecified atom stereocenters.